The lowest BCUT2D eigenvalue weighted by molar-refractivity contribution is 0.454. The van der Waals surface area contributed by atoms with Crippen molar-refractivity contribution in [2.45, 2.75) is 25.4 Å². The highest BCUT2D eigenvalue weighted by Crippen LogP contribution is 2.25. The molecule has 4 heterocycles. The maximum Gasteiger partial charge on any atom is 0.326 e. The number of hydrogen-bond acceptors (Lipinski definition) is 8. The summed E-state index contributed by atoms with van der Waals surface area (Å²) in [6, 6.07) is 8.51. The highest BCUT2D eigenvalue weighted by molar-refractivity contribution is 5.67. The molecule has 0 unspecified atom stereocenters. The van der Waals surface area contributed by atoms with Gasteiger partial charge in [-0.15, -0.1) is 0 Å². The predicted octanol–water partition coefficient (Wildman–Crippen LogP) is 1.27. The number of hydrogen-bond donors (Lipinski definition) is 4. The lowest BCUT2D eigenvalue weighted by Gasteiger charge is -2.11. The highest BCUT2D eigenvalue weighted by Gasteiger charge is 2.21. The van der Waals surface area contributed by atoms with E-state index in [0.29, 0.717) is 22.0 Å². The van der Waals surface area contributed by atoms with Crippen molar-refractivity contribution in [3.8, 4) is 17.0 Å². The molecule has 0 bridgehead atoms. The molecule has 0 spiro atoms. The summed E-state index contributed by atoms with van der Waals surface area (Å²) in [5.41, 5.74) is 2.89. The number of benzene rings is 1. The van der Waals surface area contributed by atoms with Gasteiger partial charge in [0.25, 0.3) is 5.62 Å². The molecule has 0 atom stereocenters. The van der Waals surface area contributed by atoms with Crippen LogP contribution in [0.3, 0.4) is 0 Å². The third kappa shape index (κ3) is 4.31. The first-order chi connectivity index (χ1) is 17.5. The van der Waals surface area contributed by atoms with E-state index in [0.717, 1.165) is 24.0 Å². The summed E-state index contributed by atoms with van der Waals surface area (Å²) in [7, 11) is 0. The van der Waals surface area contributed by atoms with Crippen molar-refractivity contribution in [3.05, 3.63) is 87.3 Å². The minimum absolute atomic E-state index is 0.179. The smallest absolute Gasteiger partial charge is 0.326 e. The Hall–Kier alpha value is -4.87. The van der Waals surface area contributed by atoms with Crippen molar-refractivity contribution in [2.24, 2.45) is 4.99 Å². The molecule has 0 saturated heterocycles. The number of rotatable bonds is 6. The molecule has 12 heteroatoms. The van der Waals surface area contributed by atoms with Crippen molar-refractivity contribution in [1.82, 2.24) is 34.5 Å². The van der Waals surface area contributed by atoms with Crippen LogP contribution in [0.1, 0.15) is 24.1 Å². The Balaban J connectivity index is 1.41. The van der Waals surface area contributed by atoms with E-state index in [4.69, 9.17) is 0 Å². The summed E-state index contributed by atoms with van der Waals surface area (Å²) < 4.78 is 15.6. The molecule has 0 aliphatic heterocycles. The third-order valence-electron chi connectivity index (χ3n) is 5.74. The minimum Gasteiger partial charge on any atom is -0.493 e. The zero-order chi connectivity index (χ0) is 24.6. The largest absolute Gasteiger partial charge is 0.493 e. The average Bonchev–Trinajstić information content (AvgIpc) is 3.51. The summed E-state index contributed by atoms with van der Waals surface area (Å²) >= 11 is 0. The van der Waals surface area contributed by atoms with Gasteiger partial charge in [-0.1, -0.05) is 12.1 Å². The van der Waals surface area contributed by atoms with E-state index in [9.17, 15) is 14.3 Å². The van der Waals surface area contributed by atoms with Crippen molar-refractivity contribution in [3.63, 3.8) is 0 Å². The molecule has 36 heavy (non-hydrogen) atoms. The van der Waals surface area contributed by atoms with Gasteiger partial charge in [-0.2, -0.15) is 19.6 Å². The van der Waals surface area contributed by atoms with E-state index in [1.165, 1.54) is 16.6 Å². The first-order valence-electron chi connectivity index (χ1n) is 11.3. The predicted molar refractivity (Wildman–Crippen MR) is 128 cm³/mol. The van der Waals surface area contributed by atoms with E-state index in [1.54, 1.807) is 30.7 Å². The molecule has 180 valence electrons. The van der Waals surface area contributed by atoms with Crippen molar-refractivity contribution < 1.29 is 9.50 Å². The summed E-state index contributed by atoms with van der Waals surface area (Å²) in [5.74, 6) is -0.359. The number of nitrogens with one attached hydrogen (secondary N) is 3. The van der Waals surface area contributed by atoms with Crippen LogP contribution in [0.4, 0.5) is 10.3 Å². The number of imidazole rings is 1. The third-order valence-corrected chi connectivity index (χ3v) is 5.74. The molecule has 1 fully saturated rings. The highest BCUT2D eigenvalue weighted by atomic mass is 19.1. The number of H-pyrrole nitrogens is 2. The molecular formula is C24H20FN9O2. The normalized spacial score (nSPS) is 14.6. The number of anilines is 1. The van der Waals surface area contributed by atoms with Crippen molar-refractivity contribution in [1.29, 1.82) is 0 Å². The van der Waals surface area contributed by atoms with Crippen LogP contribution in [-0.2, 0) is 6.54 Å². The molecule has 11 nitrogen and oxygen atoms in total. The Labute approximate surface area is 202 Å². The fraction of sp³-hybridized carbons (Fsp3) is 0.167. The maximum absolute atomic E-state index is 14.1. The Morgan fingerprint density at radius 3 is 2.86 bits per heavy atom. The number of halogens is 1. The van der Waals surface area contributed by atoms with Crippen LogP contribution in [0.5, 0.6) is 5.88 Å². The second kappa shape index (κ2) is 8.73. The van der Waals surface area contributed by atoms with Gasteiger partial charge in [0.1, 0.15) is 11.5 Å². The molecule has 0 radical (unpaired) electrons. The van der Waals surface area contributed by atoms with E-state index in [-0.39, 0.29) is 35.9 Å². The van der Waals surface area contributed by atoms with E-state index >= 15 is 0 Å². The number of pyridine rings is 1. The fourth-order valence-corrected chi connectivity index (χ4v) is 3.85. The molecule has 1 aromatic carbocycles. The molecule has 1 aliphatic rings. The molecule has 4 aromatic heterocycles. The summed E-state index contributed by atoms with van der Waals surface area (Å²) in [4.78, 5) is 34.3. The van der Waals surface area contributed by atoms with Crippen molar-refractivity contribution >= 4 is 17.7 Å². The Bertz CT molecular complexity index is 1750. The number of aromatic amines is 2. The molecule has 0 amide bonds. The van der Waals surface area contributed by atoms with Crippen LogP contribution in [-0.4, -0.2) is 45.7 Å². The fourth-order valence-electron chi connectivity index (χ4n) is 3.85. The van der Waals surface area contributed by atoms with Crippen molar-refractivity contribution in [2.75, 3.05) is 5.32 Å². The average molecular weight is 485 g/mol. The summed E-state index contributed by atoms with van der Waals surface area (Å²) in [6.07, 6.45) is 8.47. The molecule has 6 rings (SSSR count). The van der Waals surface area contributed by atoms with E-state index < -0.39 is 5.69 Å². The van der Waals surface area contributed by atoms with Crippen LogP contribution < -0.4 is 21.8 Å². The summed E-state index contributed by atoms with van der Waals surface area (Å²) in [5, 5.41) is 18.0. The topological polar surface area (TPSA) is 149 Å². The molecule has 4 N–H and O–H groups in total. The Morgan fingerprint density at radius 2 is 2.11 bits per heavy atom. The molecule has 5 aromatic rings. The number of aromatic hydroxyl groups is 1. The SMILES string of the molecule is O=c1[nH]c(O)c(C=c2cnn3c(=NC4CC4)nc(NCc4cc(F)ccc4-c4cccnc4)nc23)[nH]1. The lowest BCUT2D eigenvalue weighted by Crippen LogP contribution is -2.24. The van der Waals surface area contributed by atoms with Gasteiger partial charge in [-0.05, 0) is 48.2 Å². The standard InChI is InChI=1S/C24H20FN9O2/c25-16-3-6-18(13-2-1-7-26-10-13)14(8-16)11-27-22-31-20-15(9-19-21(35)32-24(36)30-19)12-28-34(20)23(33-22)29-17-4-5-17/h1-3,6-10,12,17,35H,4-5,11H2,(H,27,29,33)(H2,30,32,36). The Morgan fingerprint density at radius 1 is 1.22 bits per heavy atom. The Kier molecular flexibility index (Phi) is 5.25. The second-order valence-electron chi connectivity index (χ2n) is 8.43. The van der Waals surface area contributed by atoms with E-state index in [1.807, 2.05) is 12.1 Å². The zero-order valence-corrected chi connectivity index (χ0v) is 18.8. The second-order valence-corrected chi connectivity index (χ2v) is 8.43. The zero-order valence-electron chi connectivity index (χ0n) is 18.8. The number of fused-ring (bicyclic) bond motifs is 1. The van der Waals surface area contributed by atoms with E-state index in [2.05, 4.69) is 40.3 Å². The number of nitrogens with zero attached hydrogens (tertiary/aromatic N) is 6. The van der Waals surface area contributed by atoms with Gasteiger partial charge >= 0.3 is 5.69 Å². The van der Waals surface area contributed by atoms with Gasteiger partial charge in [0.2, 0.25) is 11.8 Å². The van der Waals surface area contributed by atoms with Crippen LogP contribution in [0.2, 0.25) is 0 Å². The minimum atomic E-state index is -0.531. The van der Waals surface area contributed by atoms with Crippen LogP contribution >= 0.6 is 0 Å². The van der Waals surface area contributed by atoms with Crippen LogP contribution in [0.25, 0.3) is 22.9 Å². The van der Waals surface area contributed by atoms with Gasteiger partial charge < -0.3 is 15.4 Å². The maximum atomic E-state index is 14.1. The quantitative estimate of drug-likeness (QED) is 0.283. The van der Waals surface area contributed by atoms with Gasteiger partial charge in [0.05, 0.1) is 12.2 Å². The first kappa shape index (κ1) is 21.6. The van der Waals surface area contributed by atoms with Gasteiger partial charge in [-0.3, -0.25) is 9.97 Å². The van der Waals surface area contributed by atoms with Gasteiger partial charge in [0.15, 0.2) is 5.65 Å². The molecule has 1 saturated carbocycles. The number of aromatic nitrogens is 7. The monoisotopic (exact) mass is 485 g/mol. The molecular weight excluding hydrogens is 465 g/mol. The molecule has 1 aliphatic carbocycles. The van der Waals surface area contributed by atoms with Crippen LogP contribution in [0.15, 0.2) is 58.7 Å². The van der Waals surface area contributed by atoms with Gasteiger partial charge in [-0.25, -0.2) is 14.2 Å². The lowest BCUT2D eigenvalue weighted by atomic mass is 10.0. The van der Waals surface area contributed by atoms with Gasteiger partial charge in [0, 0.05) is 29.7 Å². The summed E-state index contributed by atoms with van der Waals surface area (Å²) in [6.45, 7) is 0.250. The van der Waals surface area contributed by atoms with Crippen LogP contribution in [0, 0.1) is 5.82 Å². The first-order valence-corrected chi connectivity index (χ1v) is 11.3.